The molecule has 3 aromatic rings. The Morgan fingerprint density at radius 3 is 2.53 bits per heavy atom. The number of halogens is 3. The molecule has 1 aliphatic rings. The fourth-order valence-electron chi connectivity index (χ4n) is 3.87. The molecular weight excluding hydrogens is 401 g/mol. The van der Waals surface area contributed by atoms with E-state index in [0.717, 1.165) is 11.0 Å². The van der Waals surface area contributed by atoms with Gasteiger partial charge in [-0.2, -0.15) is 13.2 Å². The Morgan fingerprint density at radius 2 is 1.90 bits per heavy atom. The van der Waals surface area contributed by atoms with E-state index >= 15 is 0 Å². The molecule has 2 aromatic carbocycles. The van der Waals surface area contributed by atoms with Gasteiger partial charge >= 0.3 is 12.3 Å². The van der Waals surface area contributed by atoms with E-state index in [2.05, 4.69) is 0 Å². The SMILES string of the molecule is NCc1cc2cc(C3C(c4ccccc4)OCCN3C(=O)O)cc(C(F)(F)F)c2o1. The van der Waals surface area contributed by atoms with Crippen molar-refractivity contribution in [3.63, 3.8) is 0 Å². The van der Waals surface area contributed by atoms with Gasteiger partial charge in [0.1, 0.15) is 17.4 Å². The van der Waals surface area contributed by atoms with Crippen LogP contribution in [0.1, 0.15) is 34.6 Å². The van der Waals surface area contributed by atoms with Crippen molar-refractivity contribution in [1.29, 1.82) is 0 Å². The van der Waals surface area contributed by atoms with Crippen LogP contribution in [-0.2, 0) is 17.5 Å². The number of furan rings is 1. The zero-order chi connectivity index (χ0) is 21.5. The van der Waals surface area contributed by atoms with Crippen LogP contribution in [0.3, 0.4) is 0 Å². The molecule has 4 rings (SSSR count). The summed E-state index contributed by atoms with van der Waals surface area (Å²) in [5.41, 5.74) is 5.09. The number of fused-ring (bicyclic) bond motifs is 1. The van der Waals surface area contributed by atoms with Gasteiger partial charge < -0.3 is 20.0 Å². The minimum absolute atomic E-state index is 0.0438. The molecule has 1 aromatic heterocycles. The third-order valence-corrected chi connectivity index (χ3v) is 5.16. The highest BCUT2D eigenvalue weighted by Crippen LogP contribution is 2.44. The van der Waals surface area contributed by atoms with Gasteiger partial charge in [0, 0.05) is 11.9 Å². The van der Waals surface area contributed by atoms with E-state index < -0.39 is 30.0 Å². The van der Waals surface area contributed by atoms with Crippen molar-refractivity contribution >= 4 is 17.1 Å². The third kappa shape index (κ3) is 3.61. The van der Waals surface area contributed by atoms with Gasteiger partial charge in [0.25, 0.3) is 0 Å². The lowest BCUT2D eigenvalue weighted by Gasteiger charge is -2.40. The van der Waals surface area contributed by atoms with Crippen LogP contribution in [-0.4, -0.2) is 29.3 Å². The van der Waals surface area contributed by atoms with Crippen LogP contribution < -0.4 is 5.73 Å². The van der Waals surface area contributed by atoms with Gasteiger partial charge in [0.15, 0.2) is 0 Å². The summed E-state index contributed by atoms with van der Waals surface area (Å²) in [6.07, 6.45) is -6.67. The first-order valence-corrected chi connectivity index (χ1v) is 9.29. The van der Waals surface area contributed by atoms with Crippen LogP contribution in [0, 0.1) is 0 Å². The number of alkyl halides is 3. The van der Waals surface area contributed by atoms with Crippen molar-refractivity contribution in [1.82, 2.24) is 4.90 Å². The Hall–Kier alpha value is -3.04. The van der Waals surface area contributed by atoms with Gasteiger partial charge in [-0.1, -0.05) is 30.3 Å². The number of hydrogen-bond acceptors (Lipinski definition) is 4. The van der Waals surface area contributed by atoms with E-state index in [-0.39, 0.29) is 42.0 Å². The number of nitrogens with two attached hydrogens (primary N) is 1. The lowest BCUT2D eigenvalue weighted by molar-refractivity contribution is -0.137. The van der Waals surface area contributed by atoms with E-state index in [1.54, 1.807) is 30.3 Å². The minimum Gasteiger partial charge on any atom is -0.465 e. The second kappa shape index (κ2) is 7.66. The number of amides is 1. The van der Waals surface area contributed by atoms with E-state index in [4.69, 9.17) is 14.9 Å². The standard InChI is InChI=1S/C21H19F3N2O4/c22-21(23,24)16-10-13(8-14-9-15(11-25)30-18(14)16)17-19(12-4-2-1-3-5-12)29-7-6-26(17)20(27)28/h1-5,8-10,17,19H,6-7,11,25H2,(H,27,28). The van der Waals surface area contributed by atoms with Crippen molar-refractivity contribution in [3.05, 3.63) is 71.0 Å². The molecule has 1 fully saturated rings. The molecule has 3 N–H and O–H groups in total. The van der Waals surface area contributed by atoms with Crippen molar-refractivity contribution in [3.8, 4) is 0 Å². The highest BCUT2D eigenvalue weighted by molar-refractivity contribution is 5.83. The molecule has 0 saturated carbocycles. The molecule has 1 saturated heterocycles. The zero-order valence-corrected chi connectivity index (χ0v) is 15.7. The highest BCUT2D eigenvalue weighted by Gasteiger charge is 2.41. The molecule has 6 nitrogen and oxygen atoms in total. The average molecular weight is 420 g/mol. The number of carboxylic acid groups (broad SMARTS) is 1. The van der Waals surface area contributed by atoms with E-state index in [9.17, 15) is 23.1 Å². The molecule has 2 heterocycles. The summed E-state index contributed by atoms with van der Waals surface area (Å²) in [6, 6.07) is 11.8. The highest BCUT2D eigenvalue weighted by atomic mass is 19.4. The van der Waals surface area contributed by atoms with Crippen LogP contribution in [0.4, 0.5) is 18.0 Å². The molecule has 2 unspecified atom stereocenters. The van der Waals surface area contributed by atoms with Crippen molar-refractivity contribution in [2.45, 2.75) is 24.9 Å². The lowest BCUT2D eigenvalue weighted by atomic mass is 9.91. The predicted octanol–water partition coefficient (Wildman–Crippen LogP) is 4.70. The molecule has 0 bridgehead atoms. The maximum atomic E-state index is 13.8. The summed E-state index contributed by atoms with van der Waals surface area (Å²) in [6.45, 7) is 0.129. The molecule has 1 aliphatic heterocycles. The summed E-state index contributed by atoms with van der Waals surface area (Å²) >= 11 is 0. The van der Waals surface area contributed by atoms with Crippen molar-refractivity contribution in [2.75, 3.05) is 13.2 Å². The van der Waals surface area contributed by atoms with Gasteiger partial charge in [-0.05, 0) is 29.3 Å². The van der Waals surface area contributed by atoms with Crippen LogP contribution in [0.15, 0.2) is 52.9 Å². The fraction of sp³-hybridized carbons (Fsp3) is 0.286. The molecule has 30 heavy (non-hydrogen) atoms. The first-order chi connectivity index (χ1) is 14.3. The molecule has 2 atom stereocenters. The molecular formula is C21H19F3N2O4. The molecule has 0 aliphatic carbocycles. The lowest BCUT2D eigenvalue weighted by Crippen LogP contribution is -2.44. The van der Waals surface area contributed by atoms with Crippen LogP contribution in [0.25, 0.3) is 11.0 Å². The Balaban J connectivity index is 1.92. The second-order valence-electron chi connectivity index (χ2n) is 7.02. The molecule has 0 spiro atoms. The Morgan fingerprint density at radius 1 is 1.17 bits per heavy atom. The first kappa shape index (κ1) is 20.2. The number of ether oxygens (including phenoxy) is 1. The monoisotopic (exact) mass is 420 g/mol. The topological polar surface area (TPSA) is 88.9 Å². The predicted molar refractivity (Wildman–Crippen MR) is 102 cm³/mol. The van der Waals surface area contributed by atoms with Gasteiger partial charge in [0.2, 0.25) is 0 Å². The summed E-state index contributed by atoms with van der Waals surface area (Å²) in [4.78, 5) is 13.0. The first-order valence-electron chi connectivity index (χ1n) is 9.29. The fourth-order valence-corrected chi connectivity index (χ4v) is 3.87. The Labute approximate surface area is 169 Å². The summed E-state index contributed by atoms with van der Waals surface area (Å²) in [5.74, 6) is 0.210. The number of carbonyl (C=O) groups is 1. The molecule has 158 valence electrons. The van der Waals surface area contributed by atoms with E-state index in [1.165, 1.54) is 12.1 Å². The van der Waals surface area contributed by atoms with Gasteiger partial charge in [-0.3, -0.25) is 4.90 Å². The van der Waals surface area contributed by atoms with Gasteiger partial charge in [-0.15, -0.1) is 0 Å². The molecule has 9 heteroatoms. The number of benzene rings is 2. The summed E-state index contributed by atoms with van der Waals surface area (Å²) in [7, 11) is 0. The van der Waals surface area contributed by atoms with E-state index in [0.29, 0.717) is 5.56 Å². The van der Waals surface area contributed by atoms with Gasteiger partial charge in [0.05, 0.1) is 24.8 Å². The smallest absolute Gasteiger partial charge is 0.420 e. The summed E-state index contributed by atoms with van der Waals surface area (Å²) < 4.78 is 52.5. The number of hydrogen-bond donors (Lipinski definition) is 2. The van der Waals surface area contributed by atoms with E-state index in [1.807, 2.05) is 0 Å². The number of rotatable bonds is 3. The average Bonchev–Trinajstić information content (AvgIpc) is 3.15. The summed E-state index contributed by atoms with van der Waals surface area (Å²) in [5, 5.41) is 9.94. The molecule has 0 radical (unpaired) electrons. The van der Waals surface area contributed by atoms with Crippen molar-refractivity contribution in [2.24, 2.45) is 5.73 Å². The Kier molecular flexibility index (Phi) is 5.17. The minimum atomic E-state index is -4.69. The Bertz CT molecular complexity index is 1070. The van der Waals surface area contributed by atoms with Crippen LogP contribution in [0.5, 0.6) is 0 Å². The maximum absolute atomic E-state index is 13.8. The third-order valence-electron chi connectivity index (χ3n) is 5.16. The second-order valence-corrected chi connectivity index (χ2v) is 7.02. The van der Waals surface area contributed by atoms with Gasteiger partial charge in [-0.25, -0.2) is 4.79 Å². The maximum Gasteiger partial charge on any atom is 0.420 e. The molecule has 1 amide bonds. The largest absolute Gasteiger partial charge is 0.465 e. The van der Waals surface area contributed by atoms with Crippen LogP contribution >= 0.6 is 0 Å². The number of nitrogens with zero attached hydrogens (tertiary/aromatic N) is 1. The quantitative estimate of drug-likeness (QED) is 0.641. The van der Waals surface area contributed by atoms with Crippen LogP contribution in [0.2, 0.25) is 0 Å². The normalized spacial score (nSPS) is 19.9. The zero-order valence-electron chi connectivity index (χ0n) is 15.7. The van der Waals surface area contributed by atoms with Crippen molar-refractivity contribution < 1.29 is 32.2 Å². The number of morpholine rings is 1.